The van der Waals surface area contributed by atoms with Crippen molar-refractivity contribution in [3.05, 3.63) is 48.0 Å². The molecule has 0 bridgehead atoms. The lowest BCUT2D eigenvalue weighted by Crippen LogP contribution is -2.31. The van der Waals surface area contributed by atoms with Crippen molar-refractivity contribution in [2.24, 2.45) is 5.92 Å². The van der Waals surface area contributed by atoms with E-state index in [1.807, 2.05) is 52.2 Å². The first kappa shape index (κ1) is 25.0. The van der Waals surface area contributed by atoms with Crippen LogP contribution < -0.4 is 25.0 Å². The monoisotopic (exact) mass is 477 g/mol. The van der Waals surface area contributed by atoms with Crippen LogP contribution in [0.25, 0.3) is 10.9 Å². The van der Waals surface area contributed by atoms with Gasteiger partial charge in [0.1, 0.15) is 17.3 Å². The number of hydrogen-bond acceptors (Lipinski definition) is 7. The number of nitrogens with one attached hydrogen (secondary N) is 2. The third-order valence-corrected chi connectivity index (χ3v) is 6.58. The number of anilines is 2. The molecule has 2 N–H and O–H groups in total. The molecular formula is C28H39N5O2. The topological polar surface area (TPSA) is 71.5 Å². The molecule has 1 aliphatic rings. The molecule has 0 aliphatic heterocycles. The molecular weight excluding hydrogens is 438 g/mol. The SMILES string of the molecule is CCOc1ccc(OCC)c(CNCC2CCC(Nc3nc(N(C)C)c4ccccc4n3)CC2)c1. The molecule has 35 heavy (non-hydrogen) atoms. The van der Waals surface area contributed by atoms with E-state index in [-0.39, 0.29) is 0 Å². The largest absolute Gasteiger partial charge is 0.494 e. The second-order valence-corrected chi connectivity index (χ2v) is 9.41. The minimum atomic E-state index is 0.412. The highest BCUT2D eigenvalue weighted by Gasteiger charge is 2.22. The highest BCUT2D eigenvalue weighted by atomic mass is 16.5. The van der Waals surface area contributed by atoms with Crippen molar-refractivity contribution >= 4 is 22.7 Å². The first-order valence-electron chi connectivity index (χ1n) is 12.9. The molecule has 1 aromatic heterocycles. The van der Waals surface area contributed by atoms with E-state index in [0.29, 0.717) is 25.2 Å². The number of benzene rings is 2. The molecule has 0 spiro atoms. The fourth-order valence-corrected chi connectivity index (χ4v) is 4.82. The first-order chi connectivity index (χ1) is 17.1. The summed E-state index contributed by atoms with van der Waals surface area (Å²) in [6, 6.07) is 14.7. The van der Waals surface area contributed by atoms with Crippen LogP contribution in [-0.2, 0) is 6.54 Å². The van der Waals surface area contributed by atoms with Gasteiger partial charge in [-0.2, -0.15) is 4.98 Å². The highest BCUT2D eigenvalue weighted by molar-refractivity contribution is 5.90. The minimum Gasteiger partial charge on any atom is -0.494 e. The third kappa shape index (κ3) is 6.54. The van der Waals surface area contributed by atoms with Gasteiger partial charge < -0.3 is 25.0 Å². The minimum absolute atomic E-state index is 0.412. The van der Waals surface area contributed by atoms with Crippen LogP contribution in [0.4, 0.5) is 11.8 Å². The van der Waals surface area contributed by atoms with Crippen LogP contribution in [0.2, 0.25) is 0 Å². The second-order valence-electron chi connectivity index (χ2n) is 9.41. The molecule has 188 valence electrons. The summed E-state index contributed by atoms with van der Waals surface area (Å²) in [7, 11) is 4.06. The van der Waals surface area contributed by atoms with Crippen LogP contribution in [0.5, 0.6) is 11.5 Å². The molecule has 0 radical (unpaired) electrons. The number of para-hydroxylation sites is 1. The molecule has 2 aromatic carbocycles. The average Bonchev–Trinajstić information content (AvgIpc) is 2.86. The number of aromatic nitrogens is 2. The fourth-order valence-electron chi connectivity index (χ4n) is 4.82. The maximum Gasteiger partial charge on any atom is 0.225 e. The summed E-state index contributed by atoms with van der Waals surface area (Å²) in [6.45, 7) is 7.14. The third-order valence-electron chi connectivity index (χ3n) is 6.58. The Balaban J connectivity index is 1.29. The van der Waals surface area contributed by atoms with E-state index in [9.17, 15) is 0 Å². The van der Waals surface area contributed by atoms with Crippen LogP contribution in [0.3, 0.4) is 0 Å². The summed E-state index contributed by atoms with van der Waals surface area (Å²) in [4.78, 5) is 11.6. The quantitative estimate of drug-likeness (QED) is 0.391. The lowest BCUT2D eigenvalue weighted by atomic mass is 9.86. The Morgan fingerprint density at radius 2 is 1.71 bits per heavy atom. The van der Waals surface area contributed by atoms with Gasteiger partial charge in [0.25, 0.3) is 0 Å². The van der Waals surface area contributed by atoms with E-state index in [1.54, 1.807) is 0 Å². The number of rotatable bonds is 11. The smallest absolute Gasteiger partial charge is 0.225 e. The Bertz CT molecular complexity index is 1100. The van der Waals surface area contributed by atoms with Gasteiger partial charge in [-0.1, -0.05) is 12.1 Å². The Kier molecular flexibility index (Phi) is 8.64. The lowest BCUT2D eigenvalue weighted by Gasteiger charge is -2.29. The van der Waals surface area contributed by atoms with Crippen molar-refractivity contribution in [3.63, 3.8) is 0 Å². The Morgan fingerprint density at radius 1 is 0.943 bits per heavy atom. The Labute approximate surface area is 209 Å². The van der Waals surface area contributed by atoms with Gasteiger partial charge in [0.2, 0.25) is 5.95 Å². The van der Waals surface area contributed by atoms with Crippen molar-refractivity contribution < 1.29 is 9.47 Å². The van der Waals surface area contributed by atoms with Gasteiger partial charge in [-0.3, -0.25) is 0 Å². The molecule has 1 aliphatic carbocycles. The molecule has 4 rings (SSSR count). The summed E-state index contributed by atoms with van der Waals surface area (Å²) < 4.78 is 11.5. The van der Waals surface area contributed by atoms with Crippen molar-refractivity contribution in [1.82, 2.24) is 15.3 Å². The molecule has 1 saturated carbocycles. The van der Waals surface area contributed by atoms with Crippen LogP contribution in [0.15, 0.2) is 42.5 Å². The second kappa shape index (κ2) is 12.1. The van der Waals surface area contributed by atoms with Gasteiger partial charge >= 0.3 is 0 Å². The van der Waals surface area contributed by atoms with Gasteiger partial charge in [-0.25, -0.2) is 4.98 Å². The molecule has 1 fully saturated rings. The van der Waals surface area contributed by atoms with Crippen LogP contribution >= 0.6 is 0 Å². The lowest BCUT2D eigenvalue weighted by molar-refractivity contribution is 0.316. The van der Waals surface area contributed by atoms with Gasteiger partial charge in [-0.05, 0) is 82.3 Å². The normalized spacial score (nSPS) is 17.8. The van der Waals surface area contributed by atoms with Gasteiger partial charge in [0.05, 0.1) is 18.7 Å². The predicted octanol–water partition coefficient (Wildman–Crippen LogP) is 5.25. The molecule has 3 aromatic rings. The van der Waals surface area contributed by atoms with Crippen LogP contribution in [-0.4, -0.2) is 49.9 Å². The zero-order valence-corrected chi connectivity index (χ0v) is 21.5. The maximum atomic E-state index is 5.81. The molecule has 0 amide bonds. The molecule has 7 nitrogen and oxygen atoms in total. The number of ether oxygens (including phenoxy) is 2. The average molecular weight is 478 g/mol. The molecule has 0 atom stereocenters. The Morgan fingerprint density at radius 3 is 2.46 bits per heavy atom. The molecule has 0 unspecified atom stereocenters. The zero-order chi connectivity index (χ0) is 24.6. The van der Waals surface area contributed by atoms with Crippen LogP contribution in [0, 0.1) is 5.92 Å². The fraction of sp³-hybridized carbons (Fsp3) is 0.500. The summed E-state index contributed by atoms with van der Waals surface area (Å²) >= 11 is 0. The number of nitrogens with zero attached hydrogens (tertiary/aromatic N) is 3. The van der Waals surface area contributed by atoms with Crippen LogP contribution in [0.1, 0.15) is 45.1 Å². The summed E-state index contributed by atoms with van der Waals surface area (Å²) in [5, 5.41) is 8.35. The predicted molar refractivity (Wildman–Crippen MR) is 144 cm³/mol. The van der Waals surface area contributed by atoms with Gasteiger partial charge in [0.15, 0.2) is 0 Å². The molecule has 1 heterocycles. The van der Waals surface area contributed by atoms with Gasteiger partial charge in [-0.15, -0.1) is 0 Å². The maximum absolute atomic E-state index is 5.81. The molecule has 7 heteroatoms. The molecule has 0 saturated heterocycles. The number of hydrogen-bond donors (Lipinski definition) is 2. The summed E-state index contributed by atoms with van der Waals surface area (Å²) in [5.74, 6) is 4.19. The van der Waals surface area contributed by atoms with E-state index >= 15 is 0 Å². The van der Waals surface area contributed by atoms with E-state index in [0.717, 1.165) is 65.7 Å². The van der Waals surface area contributed by atoms with Crippen molar-refractivity contribution in [2.45, 2.75) is 52.1 Å². The Hall–Kier alpha value is -3.06. The van der Waals surface area contributed by atoms with Crippen molar-refractivity contribution in [3.8, 4) is 11.5 Å². The first-order valence-corrected chi connectivity index (χ1v) is 12.9. The van der Waals surface area contributed by atoms with Crippen molar-refractivity contribution in [1.29, 1.82) is 0 Å². The zero-order valence-electron chi connectivity index (χ0n) is 21.5. The van der Waals surface area contributed by atoms with E-state index in [1.165, 1.54) is 12.8 Å². The highest BCUT2D eigenvalue weighted by Crippen LogP contribution is 2.29. The van der Waals surface area contributed by atoms with Crippen molar-refractivity contribution in [2.75, 3.05) is 44.1 Å². The summed E-state index contributed by atoms with van der Waals surface area (Å²) in [5.41, 5.74) is 2.13. The van der Waals surface area contributed by atoms with E-state index in [2.05, 4.69) is 33.7 Å². The van der Waals surface area contributed by atoms with E-state index < -0.39 is 0 Å². The van der Waals surface area contributed by atoms with E-state index in [4.69, 9.17) is 19.4 Å². The summed E-state index contributed by atoms with van der Waals surface area (Å²) in [6.07, 6.45) is 4.64. The number of fused-ring (bicyclic) bond motifs is 1. The van der Waals surface area contributed by atoms with Gasteiger partial charge in [0, 0.05) is 37.6 Å². The standard InChI is InChI=1S/C28H39N5O2/c1-5-34-23-15-16-26(35-6-2)21(17-23)19-29-18-20-11-13-22(14-12-20)30-28-31-25-10-8-7-9-24(25)27(32-28)33(3)4/h7-10,15-17,20,22,29H,5-6,11-14,18-19H2,1-4H3,(H,30,31,32).